The highest BCUT2D eigenvalue weighted by atomic mass is 16.5. The molecule has 5 nitrogen and oxygen atoms in total. The molecular weight excluding hydrogens is 312 g/mol. The van der Waals surface area contributed by atoms with E-state index in [0.29, 0.717) is 6.04 Å². The van der Waals surface area contributed by atoms with Crippen molar-refractivity contribution in [1.29, 1.82) is 0 Å². The van der Waals surface area contributed by atoms with Gasteiger partial charge < -0.3 is 15.0 Å². The zero-order valence-corrected chi connectivity index (χ0v) is 15.9. The lowest BCUT2D eigenvalue weighted by molar-refractivity contribution is 0.125. The Balaban J connectivity index is 1.73. The van der Waals surface area contributed by atoms with E-state index in [1.54, 1.807) is 6.33 Å². The third kappa shape index (κ3) is 4.82. The van der Waals surface area contributed by atoms with Crippen LogP contribution in [0.3, 0.4) is 0 Å². The van der Waals surface area contributed by atoms with Gasteiger partial charge in [0.1, 0.15) is 24.5 Å². The number of nitrogens with one attached hydrogen (secondary N) is 1. The van der Waals surface area contributed by atoms with E-state index >= 15 is 0 Å². The number of hydrogen-bond donors (Lipinski definition) is 1. The fourth-order valence-corrected chi connectivity index (χ4v) is 3.16. The number of rotatable bonds is 5. The molecule has 0 radical (unpaired) electrons. The van der Waals surface area contributed by atoms with Gasteiger partial charge >= 0.3 is 0 Å². The summed E-state index contributed by atoms with van der Waals surface area (Å²) < 4.78 is 6.10. The van der Waals surface area contributed by atoms with Crippen molar-refractivity contribution in [2.45, 2.75) is 46.1 Å². The van der Waals surface area contributed by atoms with Crippen LogP contribution < -0.4 is 10.1 Å². The van der Waals surface area contributed by atoms with Gasteiger partial charge in [-0.2, -0.15) is 0 Å². The van der Waals surface area contributed by atoms with Crippen molar-refractivity contribution in [2.24, 2.45) is 5.41 Å². The number of fused-ring (bicyclic) bond motifs is 1. The fourth-order valence-electron chi connectivity index (χ4n) is 3.16. The number of likely N-dealkylation sites (tertiary alicyclic amines) is 1. The van der Waals surface area contributed by atoms with Crippen LogP contribution in [-0.4, -0.2) is 47.7 Å². The minimum absolute atomic E-state index is 0.191. The van der Waals surface area contributed by atoms with Crippen molar-refractivity contribution in [2.75, 3.05) is 32.1 Å². The number of hydrogen-bond acceptors (Lipinski definition) is 5. The van der Waals surface area contributed by atoms with E-state index < -0.39 is 0 Å². The number of benzene rings is 1. The van der Waals surface area contributed by atoms with Gasteiger partial charge in [0, 0.05) is 18.0 Å². The predicted octanol–water partition coefficient (Wildman–Crippen LogP) is 3.95. The summed E-state index contributed by atoms with van der Waals surface area (Å²) in [6.07, 6.45) is 5.42. The quantitative estimate of drug-likeness (QED) is 0.891. The Labute approximate surface area is 150 Å². The van der Waals surface area contributed by atoms with Crippen LogP contribution >= 0.6 is 0 Å². The second kappa shape index (κ2) is 7.56. The molecule has 1 aromatic carbocycles. The van der Waals surface area contributed by atoms with E-state index in [1.165, 1.54) is 25.8 Å². The number of nitrogens with zero attached hydrogens (tertiary/aromatic N) is 3. The second-order valence-electron chi connectivity index (χ2n) is 8.26. The number of aromatic nitrogens is 2. The second-order valence-corrected chi connectivity index (χ2v) is 8.26. The molecular formula is C20H30N4O. The summed E-state index contributed by atoms with van der Waals surface area (Å²) in [6.45, 7) is 9.38. The average molecular weight is 342 g/mol. The van der Waals surface area contributed by atoms with E-state index in [2.05, 4.69) is 54.1 Å². The van der Waals surface area contributed by atoms with E-state index in [4.69, 9.17) is 4.74 Å². The number of ether oxygens (including phenoxy) is 1. The smallest absolute Gasteiger partial charge is 0.137 e. The molecule has 0 amide bonds. The number of anilines is 1. The molecule has 0 spiro atoms. The Morgan fingerprint density at radius 3 is 2.84 bits per heavy atom. The predicted molar refractivity (Wildman–Crippen MR) is 103 cm³/mol. The maximum Gasteiger partial charge on any atom is 0.137 e. The Kier molecular flexibility index (Phi) is 5.42. The molecule has 1 unspecified atom stereocenters. The SMILES string of the molecule is CN1CCCCC1COc1ccc2ncnc(NCC(C)(C)C)c2c1. The summed E-state index contributed by atoms with van der Waals surface area (Å²) >= 11 is 0. The lowest BCUT2D eigenvalue weighted by atomic mass is 9.97. The third-order valence-corrected chi connectivity index (χ3v) is 4.76. The molecule has 1 atom stereocenters. The topological polar surface area (TPSA) is 50.3 Å². The lowest BCUT2D eigenvalue weighted by Crippen LogP contribution is -2.40. The first-order valence-corrected chi connectivity index (χ1v) is 9.24. The van der Waals surface area contributed by atoms with Gasteiger partial charge in [0.2, 0.25) is 0 Å². The van der Waals surface area contributed by atoms with Crippen LogP contribution in [0.1, 0.15) is 40.0 Å². The maximum atomic E-state index is 6.10. The van der Waals surface area contributed by atoms with Crippen molar-refractivity contribution >= 4 is 16.7 Å². The molecule has 0 bridgehead atoms. The molecule has 0 aliphatic carbocycles. The molecule has 136 valence electrons. The van der Waals surface area contributed by atoms with Crippen LogP contribution in [0.5, 0.6) is 5.75 Å². The average Bonchev–Trinajstić information content (AvgIpc) is 2.58. The molecule has 1 fully saturated rings. The Morgan fingerprint density at radius 2 is 2.08 bits per heavy atom. The highest BCUT2D eigenvalue weighted by Crippen LogP contribution is 2.26. The Morgan fingerprint density at radius 1 is 1.24 bits per heavy atom. The first-order chi connectivity index (χ1) is 11.9. The Bertz CT molecular complexity index is 710. The molecule has 3 rings (SSSR count). The third-order valence-electron chi connectivity index (χ3n) is 4.76. The van der Waals surface area contributed by atoms with Gasteiger partial charge in [-0.1, -0.05) is 27.2 Å². The van der Waals surface area contributed by atoms with Crippen LogP contribution in [0.25, 0.3) is 10.9 Å². The number of likely N-dealkylation sites (N-methyl/N-ethyl adjacent to an activating group) is 1. The molecule has 1 aliphatic heterocycles. The van der Waals surface area contributed by atoms with Crippen molar-refractivity contribution in [3.63, 3.8) is 0 Å². The van der Waals surface area contributed by atoms with E-state index in [1.807, 2.05) is 12.1 Å². The van der Waals surface area contributed by atoms with Crippen LogP contribution in [0, 0.1) is 5.41 Å². The summed E-state index contributed by atoms with van der Waals surface area (Å²) in [5.41, 5.74) is 1.13. The van der Waals surface area contributed by atoms with Crippen LogP contribution in [0.15, 0.2) is 24.5 Å². The zero-order valence-electron chi connectivity index (χ0n) is 15.9. The summed E-state index contributed by atoms with van der Waals surface area (Å²) in [4.78, 5) is 11.2. The lowest BCUT2D eigenvalue weighted by Gasteiger charge is -2.32. The van der Waals surface area contributed by atoms with Crippen LogP contribution in [0.2, 0.25) is 0 Å². The first-order valence-electron chi connectivity index (χ1n) is 9.24. The van der Waals surface area contributed by atoms with Gasteiger partial charge in [-0.25, -0.2) is 9.97 Å². The molecule has 2 heterocycles. The molecule has 1 N–H and O–H groups in total. The van der Waals surface area contributed by atoms with E-state index in [0.717, 1.165) is 35.6 Å². The van der Waals surface area contributed by atoms with Gasteiger partial charge in [-0.05, 0) is 50.0 Å². The standard InChI is InChI=1S/C20H30N4O/c1-20(2,3)13-21-19-17-11-16(8-9-18(17)22-14-23-19)25-12-15-7-5-6-10-24(15)4/h8-9,11,14-15H,5-7,10,12-13H2,1-4H3,(H,21,22,23). The maximum absolute atomic E-state index is 6.10. The monoisotopic (exact) mass is 342 g/mol. The Hall–Kier alpha value is -1.88. The summed E-state index contributed by atoms with van der Waals surface area (Å²) in [7, 11) is 2.19. The zero-order chi connectivity index (χ0) is 17.9. The fraction of sp³-hybridized carbons (Fsp3) is 0.600. The summed E-state index contributed by atoms with van der Waals surface area (Å²) in [5, 5.41) is 4.47. The van der Waals surface area contributed by atoms with Crippen LogP contribution in [-0.2, 0) is 0 Å². The van der Waals surface area contributed by atoms with E-state index in [9.17, 15) is 0 Å². The summed E-state index contributed by atoms with van der Waals surface area (Å²) in [6, 6.07) is 6.59. The van der Waals surface area contributed by atoms with Crippen LogP contribution in [0.4, 0.5) is 5.82 Å². The van der Waals surface area contributed by atoms with Crippen molar-refractivity contribution < 1.29 is 4.74 Å². The molecule has 25 heavy (non-hydrogen) atoms. The largest absolute Gasteiger partial charge is 0.492 e. The van der Waals surface area contributed by atoms with Crippen molar-refractivity contribution in [3.05, 3.63) is 24.5 Å². The van der Waals surface area contributed by atoms with Gasteiger partial charge in [0.05, 0.1) is 5.52 Å². The molecule has 1 aromatic heterocycles. The molecule has 1 aliphatic rings. The van der Waals surface area contributed by atoms with Crippen molar-refractivity contribution in [1.82, 2.24) is 14.9 Å². The van der Waals surface area contributed by atoms with Gasteiger partial charge in [-0.15, -0.1) is 0 Å². The van der Waals surface area contributed by atoms with Crippen molar-refractivity contribution in [3.8, 4) is 5.75 Å². The van der Waals surface area contributed by atoms with E-state index in [-0.39, 0.29) is 5.41 Å². The normalized spacial score (nSPS) is 19.1. The molecule has 1 saturated heterocycles. The molecule has 2 aromatic rings. The minimum atomic E-state index is 0.191. The number of piperidine rings is 1. The van der Waals surface area contributed by atoms with Gasteiger partial charge in [-0.3, -0.25) is 0 Å². The minimum Gasteiger partial charge on any atom is -0.492 e. The molecule has 5 heteroatoms. The van der Waals surface area contributed by atoms with Gasteiger partial charge in [0.15, 0.2) is 0 Å². The highest BCUT2D eigenvalue weighted by molar-refractivity contribution is 5.89. The van der Waals surface area contributed by atoms with Gasteiger partial charge in [0.25, 0.3) is 0 Å². The highest BCUT2D eigenvalue weighted by Gasteiger charge is 2.19. The molecule has 0 saturated carbocycles. The summed E-state index contributed by atoms with van der Waals surface area (Å²) in [5.74, 6) is 1.76. The first kappa shape index (κ1) is 17.9.